The van der Waals surface area contributed by atoms with Crippen LogP contribution in [0.1, 0.15) is 90.1 Å². The molecule has 4 amide bonds. The van der Waals surface area contributed by atoms with E-state index in [1.54, 1.807) is 6.20 Å². The van der Waals surface area contributed by atoms with Gasteiger partial charge in [0.2, 0.25) is 11.8 Å². The molecule has 1 saturated carbocycles. The molecule has 0 radical (unpaired) electrons. The summed E-state index contributed by atoms with van der Waals surface area (Å²) in [7, 11) is 1.31. The Hall–Kier alpha value is -5.52. The molecule has 2 aromatic carbocycles. The van der Waals surface area contributed by atoms with E-state index in [1.165, 1.54) is 7.11 Å². The molecule has 2 saturated heterocycles. The van der Waals surface area contributed by atoms with Gasteiger partial charge in [0.15, 0.2) is 0 Å². The highest BCUT2D eigenvalue weighted by Gasteiger charge is 2.52. The Morgan fingerprint density at radius 2 is 1.55 bits per heavy atom. The number of methoxy groups -OCH3 is 1. The molecule has 1 aromatic heterocycles. The predicted molar refractivity (Wildman–Crippen MR) is 237 cm³/mol. The number of aromatic nitrogens is 1. The van der Waals surface area contributed by atoms with Crippen molar-refractivity contribution in [3.05, 3.63) is 84.2 Å². The summed E-state index contributed by atoms with van der Waals surface area (Å²) in [5.74, 6) is 1.38. The lowest BCUT2D eigenvalue weighted by Gasteiger charge is -2.41. The molecule has 3 aliphatic heterocycles. The summed E-state index contributed by atoms with van der Waals surface area (Å²) in [5, 5.41) is 5.73. The van der Waals surface area contributed by atoms with Gasteiger partial charge in [-0.25, -0.2) is 9.78 Å². The third-order valence-electron chi connectivity index (χ3n) is 13.0. The van der Waals surface area contributed by atoms with E-state index in [0.29, 0.717) is 36.8 Å². The number of piperazine rings is 1. The van der Waals surface area contributed by atoms with Gasteiger partial charge in [-0.1, -0.05) is 77.9 Å². The van der Waals surface area contributed by atoms with E-state index in [-0.39, 0.29) is 53.0 Å². The number of rotatable bonds is 10. The normalized spacial score (nSPS) is 24.2. The second-order valence-electron chi connectivity index (χ2n) is 18.4. The van der Waals surface area contributed by atoms with Gasteiger partial charge in [-0.3, -0.25) is 19.4 Å². The largest absolute Gasteiger partial charge is 0.453 e. The minimum Gasteiger partial charge on any atom is -0.453 e. The van der Waals surface area contributed by atoms with E-state index < -0.39 is 12.1 Å². The molecule has 4 heterocycles. The van der Waals surface area contributed by atoms with Crippen LogP contribution in [-0.4, -0.2) is 95.7 Å². The first-order valence-electron chi connectivity index (χ1n) is 21.6. The number of nitrogens with one attached hydrogen (secondary N) is 2. The average molecular weight is 816 g/mol. The summed E-state index contributed by atoms with van der Waals surface area (Å²) in [6.07, 6.45) is 6.64. The summed E-state index contributed by atoms with van der Waals surface area (Å²) in [6, 6.07) is 19.2. The van der Waals surface area contributed by atoms with Crippen molar-refractivity contribution >= 4 is 46.6 Å². The lowest BCUT2D eigenvalue weighted by Crippen LogP contribution is -2.54. The van der Waals surface area contributed by atoms with Crippen LogP contribution < -0.4 is 15.5 Å². The monoisotopic (exact) mass is 815 g/mol. The van der Waals surface area contributed by atoms with E-state index in [4.69, 9.17) is 9.73 Å². The SMILES string of the molecule is COC(=O)NC(C(=O)N1CC(C)CC1C1=NC=C(c2ccc(-c3ccc(C(=O)Nc4ccc(N5CCN(C(=O)C6CC6(C)C)CC5C)nc4)cc3)cc2)CCC1C)C(C)C. The maximum absolute atomic E-state index is 13.9. The Morgan fingerprint density at radius 3 is 2.15 bits per heavy atom. The highest BCUT2D eigenvalue weighted by atomic mass is 16.5. The van der Waals surface area contributed by atoms with Crippen LogP contribution in [0, 0.1) is 29.1 Å². The number of likely N-dealkylation sites (tertiary alicyclic amines) is 1. The van der Waals surface area contributed by atoms with Crippen molar-refractivity contribution in [2.75, 3.05) is 43.5 Å². The summed E-state index contributed by atoms with van der Waals surface area (Å²) in [4.78, 5) is 68.0. The maximum Gasteiger partial charge on any atom is 0.407 e. The summed E-state index contributed by atoms with van der Waals surface area (Å²) < 4.78 is 4.82. The van der Waals surface area contributed by atoms with Crippen molar-refractivity contribution in [1.82, 2.24) is 20.1 Å². The van der Waals surface area contributed by atoms with Gasteiger partial charge in [-0.05, 0) is 102 Å². The molecule has 0 spiro atoms. The second kappa shape index (κ2) is 17.6. The van der Waals surface area contributed by atoms with Crippen molar-refractivity contribution in [3.8, 4) is 11.1 Å². The molecule has 7 rings (SSSR count). The average Bonchev–Trinajstić information content (AvgIpc) is 3.79. The quantitative estimate of drug-likeness (QED) is 0.212. The van der Waals surface area contributed by atoms with Crippen LogP contribution in [0.15, 0.2) is 78.1 Å². The summed E-state index contributed by atoms with van der Waals surface area (Å²) in [5.41, 5.74) is 6.62. The van der Waals surface area contributed by atoms with E-state index >= 15 is 0 Å². The molecule has 2 N–H and O–H groups in total. The standard InChI is InChI=1S/C48H61N7O5/c1-29(2)42(52-47(59)60-8)46(58)55-27-30(3)23-40(55)43-31(4)9-10-37(25-50-43)35-13-11-33(12-14-35)34-15-17-36(18-16-34)44(56)51-38-19-20-41(49-26-38)54-22-21-53(28-32(54)5)45(57)39-24-48(39,6)7/h11-20,25-26,29-32,39-40,42H,9-10,21-24,27-28H2,1-8H3,(H,51,56)(H,52,59). The zero-order valence-corrected chi connectivity index (χ0v) is 36.4. The zero-order chi connectivity index (χ0) is 42.9. The maximum atomic E-state index is 13.9. The van der Waals surface area contributed by atoms with Crippen LogP contribution in [0.3, 0.4) is 0 Å². The summed E-state index contributed by atoms with van der Waals surface area (Å²) >= 11 is 0. The molecular weight excluding hydrogens is 755 g/mol. The summed E-state index contributed by atoms with van der Waals surface area (Å²) in [6.45, 7) is 17.4. The number of nitrogens with zero attached hydrogens (tertiary/aromatic N) is 5. The molecule has 6 atom stereocenters. The van der Waals surface area contributed by atoms with Gasteiger partial charge < -0.3 is 30.1 Å². The highest BCUT2D eigenvalue weighted by Crippen LogP contribution is 2.52. The molecule has 60 heavy (non-hydrogen) atoms. The first kappa shape index (κ1) is 42.6. The number of aliphatic imine (C=N–C) groups is 1. The van der Waals surface area contributed by atoms with E-state index in [9.17, 15) is 19.2 Å². The van der Waals surface area contributed by atoms with Crippen LogP contribution >= 0.6 is 0 Å². The molecule has 4 aliphatic rings. The molecule has 6 unspecified atom stereocenters. The van der Waals surface area contributed by atoms with Gasteiger partial charge in [0.05, 0.1) is 25.0 Å². The second-order valence-corrected chi connectivity index (χ2v) is 18.4. The topological polar surface area (TPSA) is 137 Å². The van der Waals surface area contributed by atoms with Crippen molar-refractivity contribution in [2.45, 2.75) is 92.3 Å². The van der Waals surface area contributed by atoms with Crippen LogP contribution in [0.5, 0.6) is 0 Å². The number of pyridine rings is 1. The lowest BCUT2D eigenvalue weighted by molar-refractivity contribution is -0.135. The van der Waals surface area contributed by atoms with Gasteiger partial charge in [0, 0.05) is 55.6 Å². The van der Waals surface area contributed by atoms with E-state index in [0.717, 1.165) is 66.0 Å². The third kappa shape index (κ3) is 9.27. The number of alkyl carbamates (subject to hydrolysis) is 1. The molecular formula is C48H61N7O5. The molecule has 3 aromatic rings. The molecule has 12 heteroatoms. The van der Waals surface area contributed by atoms with Crippen molar-refractivity contribution in [3.63, 3.8) is 0 Å². The Kier molecular flexibility index (Phi) is 12.5. The van der Waals surface area contributed by atoms with E-state index in [2.05, 4.69) is 79.4 Å². The van der Waals surface area contributed by atoms with Crippen LogP contribution in [0.25, 0.3) is 16.7 Å². The molecule has 3 fully saturated rings. The van der Waals surface area contributed by atoms with Crippen LogP contribution in [0.4, 0.5) is 16.3 Å². The first-order valence-corrected chi connectivity index (χ1v) is 21.6. The number of benzene rings is 2. The number of allylic oxidation sites excluding steroid dienone is 1. The minimum atomic E-state index is -0.673. The van der Waals surface area contributed by atoms with Gasteiger partial charge in [0.25, 0.3) is 5.91 Å². The van der Waals surface area contributed by atoms with Crippen molar-refractivity contribution in [1.29, 1.82) is 0 Å². The fourth-order valence-corrected chi connectivity index (χ4v) is 9.08. The van der Waals surface area contributed by atoms with Crippen LogP contribution in [0.2, 0.25) is 0 Å². The fraction of sp³-hybridized carbons (Fsp3) is 0.500. The molecule has 1 aliphatic carbocycles. The molecule has 12 nitrogen and oxygen atoms in total. The number of carbonyl (C=O) groups is 4. The zero-order valence-electron chi connectivity index (χ0n) is 36.4. The predicted octanol–water partition coefficient (Wildman–Crippen LogP) is 7.91. The first-order chi connectivity index (χ1) is 28.6. The lowest BCUT2D eigenvalue weighted by atomic mass is 9.90. The number of ether oxygens (including phenoxy) is 1. The number of hydrogen-bond donors (Lipinski definition) is 2. The van der Waals surface area contributed by atoms with Crippen molar-refractivity contribution in [2.24, 2.45) is 34.1 Å². The van der Waals surface area contributed by atoms with Gasteiger partial charge >= 0.3 is 6.09 Å². The van der Waals surface area contributed by atoms with Crippen molar-refractivity contribution < 1.29 is 23.9 Å². The third-order valence-corrected chi connectivity index (χ3v) is 13.0. The van der Waals surface area contributed by atoms with Crippen LogP contribution in [-0.2, 0) is 14.3 Å². The smallest absolute Gasteiger partial charge is 0.407 e. The Balaban J connectivity index is 0.955. The van der Waals surface area contributed by atoms with E-state index in [1.807, 2.05) is 66.2 Å². The fourth-order valence-electron chi connectivity index (χ4n) is 9.08. The van der Waals surface area contributed by atoms with Gasteiger partial charge in [0.1, 0.15) is 11.9 Å². The Morgan fingerprint density at radius 1 is 0.883 bits per heavy atom. The Labute approximate surface area is 354 Å². The molecule has 0 bridgehead atoms. The number of anilines is 2. The molecule has 318 valence electrons. The van der Waals surface area contributed by atoms with Gasteiger partial charge in [-0.2, -0.15) is 0 Å². The number of carbonyl (C=O) groups excluding carboxylic acids is 4. The highest BCUT2D eigenvalue weighted by molar-refractivity contribution is 6.04. The Bertz CT molecular complexity index is 2130. The minimum absolute atomic E-state index is 0.0936. The van der Waals surface area contributed by atoms with Gasteiger partial charge in [-0.15, -0.1) is 0 Å². The number of amides is 4. The number of hydrogen-bond acceptors (Lipinski definition) is 8.